The number of nitrogens with two attached hydrogens (primary N) is 1. The van der Waals surface area contributed by atoms with Crippen molar-refractivity contribution in [2.75, 3.05) is 26.4 Å². The summed E-state index contributed by atoms with van der Waals surface area (Å²) in [6.45, 7) is 3.68. The Labute approximate surface area is 120 Å². The molecular weight excluding hydrogens is 278 g/mol. The predicted octanol–water partition coefficient (Wildman–Crippen LogP) is 0.642. The van der Waals surface area contributed by atoms with E-state index in [4.69, 9.17) is 5.73 Å². The third-order valence-electron chi connectivity index (χ3n) is 3.26. The fraction of sp³-hybridized carbons (Fsp3) is 0.462. The number of hydrogen-bond donors (Lipinski definition) is 2. The molecule has 0 atom stereocenters. The molecule has 0 saturated carbocycles. The highest BCUT2D eigenvalue weighted by Crippen LogP contribution is 2.24. The molecule has 112 valence electrons. The molecule has 6 nitrogen and oxygen atoms in total. The van der Waals surface area contributed by atoms with E-state index in [1.807, 2.05) is 6.92 Å². The molecule has 0 saturated heterocycles. The lowest BCUT2D eigenvalue weighted by Gasteiger charge is -2.19. The molecule has 0 aromatic heterocycles. The number of benzene rings is 1. The first kappa shape index (κ1) is 16.5. The number of carbonyl (C=O) groups is 1. The van der Waals surface area contributed by atoms with Crippen LogP contribution < -0.4 is 11.1 Å². The lowest BCUT2D eigenvalue weighted by molar-refractivity contribution is -0.120. The number of sulfonamides is 1. The third-order valence-corrected chi connectivity index (χ3v) is 5.25. The van der Waals surface area contributed by atoms with Crippen molar-refractivity contribution < 1.29 is 13.2 Å². The van der Waals surface area contributed by atoms with Gasteiger partial charge in [-0.1, -0.05) is 0 Å². The maximum absolute atomic E-state index is 12.5. The smallest absolute Gasteiger partial charge is 0.243 e. The Morgan fingerprint density at radius 3 is 2.50 bits per heavy atom. The molecule has 1 aromatic rings. The molecule has 0 aliphatic rings. The van der Waals surface area contributed by atoms with Gasteiger partial charge in [0.15, 0.2) is 0 Å². The summed E-state index contributed by atoms with van der Waals surface area (Å²) < 4.78 is 26.2. The molecule has 20 heavy (non-hydrogen) atoms. The average molecular weight is 299 g/mol. The molecule has 1 aromatic carbocycles. The summed E-state index contributed by atoms with van der Waals surface area (Å²) in [4.78, 5) is 11.4. The van der Waals surface area contributed by atoms with Gasteiger partial charge >= 0.3 is 0 Å². The van der Waals surface area contributed by atoms with Gasteiger partial charge in [-0.15, -0.1) is 0 Å². The minimum Gasteiger partial charge on any atom is -0.399 e. The van der Waals surface area contributed by atoms with E-state index in [9.17, 15) is 13.2 Å². The number of nitrogens with one attached hydrogen (secondary N) is 1. The zero-order valence-electron chi connectivity index (χ0n) is 12.2. The van der Waals surface area contributed by atoms with Crippen LogP contribution in [0.3, 0.4) is 0 Å². The van der Waals surface area contributed by atoms with Gasteiger partial charge in [0.2, 0.25) is 15.9 Å². The maximum Gasteiger partial charge on any atom is 0.243 e. The van der Waals surface area contributed by atoms with Crippen LogP contribution in [0, 0.1) is 13.8 Å². The second kappa shape index (κ2) is 6.23. The topological polar surface area (TPSA) is 92.5 Å². The Morgan fingerprint density at radius 2 is 1.95 bits per heavy atom. The summed E-state index contributed by atoms with van der Waals surface area (Å²) in [5.74, 6) is -0.201. The van der Waals surface area contributed by atoms with Crippen molar-refractivity contribution in [1.82, 2.24) is 9.62 Å². The summed E-state index contributed by atoms with van der Waals surface area (Å²) in [6.07, 6.45) is 0.118. The zero-order chi connectivity index (χ0) is 15.5. The second-order valence-corrected chi connectivity index (χ2v) is 6.72. The first-order valence-corrected chi connectivity index (χ1v) is 7.67. The summed E-state index contributed by atoms with van der Waals surface area (Å²) in [5, 5.41) is 2.46. The number of nitrogen functional groups attached to an aromatic ring is 1. The van der Waals surface area contributed by atoms with Crippen LogP contribution >= 0.6 is 0 Å². The molecule has 0 heterocycles. The Kier molecular flexibility index (Phi) is 5.13. The number of aryl methyl sites for hydroxylation is 1. The van der Waals surface area contributed by atoms with E-state index in [0.717, 1.165) is 5.56 Å². The van der Waals surface area contributed by atoms with Crippen LogP contribution in [0.2, 0.25) is 0 Å². The number of anilines is 1. The lowest BCUT2D eigenvalue weighted by Crippen LogP contribution is -2.32. The molecule has 1 amide bonds. The van der Waals surface area contributed by atoms with Gasteiger partial charge < -0.3 is 11.1 Å². The van der Waals surface area contributed by atoms with Gasteiger partial charge in [-0.2, -0.15) is 0 Å². The van der Waals surface area contributed by atoms with Crippen LogP contribution in [0.15, 0.2) is 17.0 Å². The second-order valence-electron chi connectivity index (χ2n) is 4.71. The van der Waals surface area contributed by atoms with E-state index >= 15 is 0 Å². The fourth-order valence-electron chi connectivity index (χ4n) is 1.79. The SMILES string of the molecule is CNC(=O)CCN(C)S(=O)(=O)c1cc(N)cc(C)c1C. The van der Waals surface area contributed by atoms with Gasteiger partial charge in [-0.05, 0) is 37.1 Å². The Hall–Kier alpha value is -1.60. The standard InChI is InChI=1S/C13H21N3O3S/c1-9-7-11(14)8-12(10(9)2)20(18,19)16(4)6-5-13(17)15-3/h7-8H,5-6,14H2,1-4H3,(H,15,17). The quantitative estimate of drug-likeness (QED) is 0.780. The van der Waals surface area contributed by atoms with Crippen molar-refractivity contribution in [3.63, 3.8) is 0 Å². The summed E-state index contributed by atoms with van der Waals surface area (Å²) in [7, 11) is -0.675. The van der Waals surface area contributed by atoms with Crippen LogP contribution in [0.1, 0.15) is 17.5 Å². The van der Waals surface area contributed by atoms with Gasteiger partial charge in [0.1, 0.15) is 0 Å². The molecule has 0 bridgehead atoms. The first-order valence-electron chi connectivity index (χ1n) is 6.23. The molecule has 0 fully saturated rings. The van der Waals surface area contributed by atoms with Crippen molar-refractivity contribution in [1.29, 1.82) is 0 Å². The molecule has 0 spiro atoms. The number of nitrogens with zero attached hydrogens (tertiary/aromatic N) is 1. The highest BCUT2D eigenvalue weighted by Gasteiger charge is 2.24. The number of carbonyl (C=O) groups excluding carboxylic acids is 1. The molecule has 0 aliphatic heterocycles. The van der Waals surface area contributed by atoms with Gasteiger partial charge in [0.05, 0.1) is 4.90 Å². The Bertz CT molecular complexity index is 612. The molecule has 3 N–H and O–H groups in total. The number of rotatable bonds is 5. The molecule has 1 rings (SSSR count). The minimum absolute atomic E-state index is 0.118. The van der Waals surface area contributed by atoms with Crippen LogP contribution in [0.25, 0.3) is 0 Å². The molecular formula is C13H21N3O3S. The van der Waals surface area contributed by atoms with Gasteiger partial charge in [0, 0.05) is 32.7 Å². The van der Waals surface area contributed by atoms with E-state index in [1.54, 1.807) is 13.0 Å². The highest BCUT2D eigenvalue weighted by atomic mass is 32.2. The monoisotopic (exact) mass is 299 g/mol. The number of hydrogen-bond acceptors (Lipinski definition) is 4. The molecule has 0 aliphatic carbocycles. The van der Waals surface area contributed by atoms with E-state index in [-0.39, 0.29) is 23.8 Å². The molecule has 0 radical (unpaired) electrons. The average Bonchev–Trinajstić information content (AvgIpc) is 2.39. The van der Waals surface area contributed by atoms with Crippen LogP contribution in [0.5, 0.6) is 0 Å². The van der Waals surface area contributed by atoms with E-state index in [2.05, 4.69) is 5.32 Å². The normalized spacial score (nSPS) is 11.7. The van der Waals surface area contributed by atoms with Crippen molar-refractivity contribution in [3.8, 4) is 0 Å². The highest BCUT2D eigenvalue weighted by molar-refractivity contribution is 7.89. The predicted molar refractivity (Wildman–Crippen MR) is 78.8 cm³/mol. The van der Waals surface area contributed by atoms with Gasteiger partial charge in [-0.25, -0.2) is 12.7 Å². The fourth-order valence-corrected chi connectivity index (χ4v) is 3.29. The Balaban J connectivity index is 3.08. The van der Waals surface area contributed by atoms with Gasteiger partial charge in [0.25, 0.3) is 0 Å². The van der Waals surface area contributed by atoms with E-state index in [0.29, 0.717) is 11.3 Å². The van der Waals surface area contributed by atoms with Crippen LogP contribution in [-0.2, 0) is 14.8 Å². The Morgan fingerprint density at radius 1 is 1.35 bits per heavy atom. The third kappa shape index (κ3) is 3.49. The summed E-state index contributed by atoms with van der Waals surface area (Å²) in [5.41, 5.74) is 7.63. The summed E-state index contributed by atoms with van der Waals surface area (Å²) >= 11 is 0. The van der Waals surface area contributed by atoms with Crippen molar-refractivity contribution in [3.05, 3.63) is 23.3 Å². The van der Waals surface area contributed by atoms with Gasteiger partial charge in [-0.3, -0.25) is 4.79 Å². The zero-order valence-corrected chi connectivity index (χ0v) is 13.0. The minimum atomic E-state index is -3.65. The van der Waals surface area contributed by atoms with Crippen molar-refractivity contribution >= 4 is 21.6 Å². The van der Waals surface area contributed by atoms with E-state index < -0.39 is 10.0 Å². The largest absolute Gasteiger partial charge is 0.399 e. The lowest BCUT2D eigenvalue weighted by atomic mass is 10.1. The first-order chi connectivity index (χ1) is 9.20. The van der Waals surface area contributed by atoms with Crippen LogP contribution in [0.4, 0.5) is 5.69 Å². The van der Waals surface area contributed by atoms with Crippen LogP contribution in [-0.4, -0.2) is 39.3 Å². The summed E-state index contributed by atoms with van der Waals surface area (Å²) in [6, 6.07) is 3.19. The molecule has 7 heteroatoms. The molecule has 0 unspecified atom stereocenters. The van der Waals surface area contributed by atoms with E-state index in [1.165, 1.54) is 24.5 Å². The number of amides is 1. The van der Waals surface area contributed by atoms with Crippen molar-refractivity contribution in [2.24, 2.45) is 0 Å². The maximum atomic E-state index is 12.5. The van der Waals surface area contributed by atoms with Crippen molar-refractivity contribution in [2.45, 2.75) is 25.2 Å².